The lowest BCUT2D eigenvalue weighted by Gasteiger charge is -2.36. The second kappa shape index (κ2) is 4.80. The number of hydrogen-bond donors (Lipinski definition) is 0. The highest BCUT2D eigenvalue weighted by Crippen LogP contribution is 2.41. The molecule has 0 saturated heterocycles. The zero-order valence-electron chi connectivity index (χ0n) is 11.9. The molecule has 0 aromatic heterocycles. The van der Waals surface area contributed by atoms with E-state index in [9.17, 15) is 14.4 Å². The summed E-state index contributed by atoms with van der Waals surface area (Å²) < 4.78 is 0. The fourth-order valence-electron chi connectivity index (χ4n) is 3.61. The Labute approximate surface area is 127 Å². The summed E-state index contributed by atoms with van der Waals surface area (Å²) in [6.07, 6.45) is 7.01. The molecule has 1 aromatic rings. The molecule has 0 spiro atoms. The first kappa shape index (κ1) is 13.2. The van der Waals surface area contributed by atoms with Gasteiger partial charge in [0.1, 0.15) is 0 Å². The van der Waals surface area contributed by atoms with Crippen molar-refractivity contribution in [1.82, 2.24) is 5.06 Å². The summed E-state index contributed by atoms with van der Waals surface area (Å²) in [4.78, 5) is 42.0. The second-order valence-corrected chi connectivity index (χ2v) is 6.09. The lowest BCUT2D eigenvalue weighted by atomic mass is 9.69. The maximum absolute atomic E-state index is 12.4. The topological polar surface area (TPSA) is 63.7 Å². The number of imide groups is 1. The molecule has 0 unspecified atom stereocenters. The van der Waals surface area contributed by atoms with Gasteiger partial charge in [0.05, 0.1) is 17.0 Å². The molecule has 1 aromatic carbocycles. The van der Waals surface area contributed by atoms with Crippen LogP contribution < -0.4 is 0 Å². The zero-order valence-corrected chi connectivity index (χ0v) is 11.9. The van der Waals surface area contributed by atoms with Crippen LogP contribution in [0.15, 0.2) is 36.4 Å². The van der Waals surface area contributed by atoms with Gasteiger partial charge in [0.2, 0.25) is 0 Å². The standard InChI is InChI=1S/C17H15NO4/c19-15-12-3-1-2-4-13(12)16(20)18(15)22-17(21)14-9-10-5-7-11(14)8-6-10/h1-5,7,10-11,14H,6,8-9H2/t10-,11+,14-/m0/s1. The molecule has 3 aliphatic carbocycles. The van der Waals surface area contributed by atoms with E-state index in [-0.39, 0.29) is 23.0 Å². The number of benzene rings is 1. The maximum Gasteiger partial charge on any atom is 0.336 e. The number of carbonyl (C=O) groups is 3. The molecular formula is C17H15NO4. The van der Waals surface area contributed by atoms with Crippen molar-refractivity contribution >= 4 is 17.8 Å². The van der Waals surface area contributed by atoms with Crippen LogP contribution in [0.1, 0.15) is 40.0 Å². The monoisotopic (exact) mass is 297 g/mol. The van der Waals surface area contributed by atoms with Crippen molar-refractivity contribution in [3.8, 4) is 0 Å². The van der Waals surface area contributed by atoms with Crippen LogP contribution >= 0.6 is 0 Å². The second-order valence-electron chi connectivity index (χ2n) is 6.09. The van der Waals surface area contributed by atoms with Gasteiger partial charge in [-0.15, -0.1) is 0 Å². The molecule has 1 heterocycles. The maximum atomic E-state index is 12.4. The van der Waals surface area contributed by atoms with Crippen molar-refractivity contribution in [3.05, 3.63) is 47.5 Å². The van der Waals surface area contributed by atoms with Crippen LogP contribution in [0, 0.1) is 17.8 Å². The van der Waals surface area contributed by atoms with Gasteiger partial charge in [0, 0.05) is 0 Å². The lowest BCUT2D eigenvalue weighted by molar-refractivity contribution is -0.177. The van der Waals surface area contributed by atoms with Gasteiger partial charge < -0.3 is 4.84 Å². The molecule has 5 rings (SSSR count). The van der Waals surface area contributed by atoms with Gasteiger partial charge in [-0.05, 0) is 43.2 Å². The molecule has 22 heavy (non-hydrogen) atoms. The smallest absolute Gasteiger partial charge is 0.329 e. The molecule has 2 amide bonds. The van der Waals surface area contributed by atoms with Crippen molar-refractivity contribution in [3.63, 3.8) is 0 Å². The molecule has 0 radical (unpaired) electrons. The third-order valence-corrected chi connectivity index (χ3v) is 4.82. The number of carbonyl (C=O) groups excluding carboxylic acids is 3. The van der Waals surface area contributed by atoms with E-state index in [0.29, 0.717) is 11.0 Å². The van der Waals surface area contributed by atoms with E-state index >= 15 is 0 Å². The van der Waals surface area contributed by atoms with Gasteiger partial charge in [-0.2, -0.15) is 0 Å². The minimum atomic E-state index is -0.564. The molecule has 5 nitrogen and oxygen atoms in total. The lowest BCUT2D eigenvalue weighted by Crippen LogP contribution is -2.40. The van der Waals surface area contributed by atoms with Gasteiger partial charge in [-0.3, -0.25) is 9.59 Å². The number of rotatable bonds is 2. The Morgan fingerprint density at radius 3 is 2.23 bits per heavy atom. The summed E-state index contributed by atoms with van der Waals surface area (Å²) in [6.45, 7) is 0. The summed E-state index contributed by atoms with van der Waals surface area (Å²) >= 11 is 0. The number of allylic oxidation sites excluding steroid dienone is 2. The Kier molecular flexibility index (Phi) is 2.89. The highest BCUT2D eigenvalue weighted by atomic mass is 16.7. The van der Waals surface area contributed by atoms with Crippen molar-refractivity contribution in [2.75, 3.05) is 0 Å². The average Bonchev–Trinajstić information content (AvgIpc) is 2.81. The highest BCUT2D eigenvalue weighted by molar-refractivity contribution is 6.20. The third-order valence-electron chi connectivity index (χ3n) is 4.82. The Balaban J connectivity index is 1.53. The molecule has 0 N–H and O–H groups in total. The van der Waals surface area contributed by atoms with E-state index < -0.39 is 17.8 Å². The summed E-state index contributed by atoms with van der Waals surface area (Å²) in [5.74, 6) is -1.30. The Hall–Kier alpha value is -2.43. The summed E-state index contributed by atoms with van der Waals surface area (Å²) in [5.41, 5.74) is 0.565. The largest absolute Gasteiger partial charge is 0.336 e. The minimum Gasteiger partial charge on any atom is -0.329 e. The van der Waals surface area contributed by atoms with E-state index in [4.69, 9.17) is 4.84 Å². The summed E-state index contributed by atoms with van der Waals surface area (Å²) in [7, 11) is 0. The van der Waals surface area contributed by atoms with E-state index in [2.05, 4.69) is 12.2 Å². The number of hydroxylamine groups is 2. The number of fused-ring (bicyclic) bond motifs is 3. The van der Waals surface area contributed by atoms with E-state index in [1.807, 2.05) is 0 Å². The Morgan fingerprint density at radius 1 is 1.05 bits per heavy atom. The van der Waals surface area contributed by atoms with Gasteiger partial charge in [0.25, 0.3) is 11.8 Å². The van der Waals surface area contributed by atoms with Crippen molar-refractivity contribution in [1.29, 1.82) is 0 Å². The van der Waals surface area contributed by atoms with Gasteiger partial charge >= 0.3 is 5.97 Å². The van der Waals surface area contributed by atoms with Crippen LogP contribution in [0.2, 0.25) is 0 Å². The van der Waals surface area contributed by atoms with Crippen LogP contribution in [0.3, 0.4) is 0 Å². The molecule has 112 valence electrons. The van der Waals surface area contributed by atoms with Crippen LogP contribution in [-0.2, 0) is 9.63 Å². The average molecular weight is 297 g/mol. The van der Waals surface area contributed by atoms with E-state index in [1.165, 1.54) is 0 Å². The SMILES string of the molecule is O=C(ON1C(=O)c2ccccc2C1=O)[C@H]1C[C@H]2C=C[C@@H]1CC2. The highest BCUT2D eigenvalue weighted by Gasteiger charge is 2.43. The number of amides is 2. The molecule has 1 fully saturated rings. The minimum absolute atomic E-state index is 0.160. The molecular weight excluding hydrogens is 282 g/mol. The first-order valence-corrected chi connectivity index (χ1v) is 7.53. The van der Waals surface area contributed by atoms with Crippen LogP contribution in [0.25, 0.3) is 0 Å². The first-order chi connectivity index (χ1) is 10.6. The Bertz CT molecular complexity index is 673. The molecule has 2 bridgehead atoms. The van der Waals surface area contributed by atoms with Crippen LogP contribution in [0.5, 0.6) is 0 Å². The molecule has 4 aliphatic rings. The Morgan fingerprint density at radius 2 is 1.73 bits per heavy atom. The normalized spacial score (nSPS) is 28.9. The van der Waals surface area contributed by atoms with Crippen molar-refractivity contribution in [2.24, 2.45) is 17.8 Å². The summed E-state index contributed by atoms with van der Waals surface area (Å²) in [5, 5.41) is 0.610. The summed E-state index contributed by atoms with van der Waals surface area (Å²) in [6, 6.07) is 6.49. The van der Waals surface area contributed by atoms with Crippen LogP contribution in [-0.4, -0.2) is 22.8 Å². The molecule has 1 saturated carbocycles. The zero-order chi connectivity index (χ0) is 15.3. The molecule has 3 atom stereocenters. The first-order valence-electron chi connectivity index (χ1n) is 7.53. The fourth-order valence-corrected chi connectivity index (χ4v) is 3.61. The number of hydrogen-bond acceptors (Lipinski definition) is 4. The van der Waals surface area contributed by atoms with Gasteiger partial charge in [0.15, 0.2) is 0 Å². The number of nitrogens with zero attached hydrogens (tertiary/aromatic N) is 1. The van der Waals surface area contributed by atoms with E-state index in [1.54, 1.807) is 24.3 Å². The third kappa shape index (κ3) is 1.89. The predicted molar refractivity (Wildman–Crippen MR) is 76.5 cm³/mol. The van der Waals surface area contributed by atoms with E-state index in [0.717, 1.165) is 19.3 Å². The predicted octanol–water partition coefficient (Wildman–Crippen LogP) is 2.34. The van der Waals surface area contributed by atoms with Gasteiger partial charge in [-0.25, -0.2) is 4.79 Å². The van der Waals surface area contributed by atoms with Gasteiger partial charge in [-0.1, -0.05) is 29.3 Å². The van der Waals surface area contributed by atoms with Crippen molar-refractivity contribution < 1.29 is 19.2 Å². The quantitative estimate of drug-likeness (QED) is 0.621. The fraction of sp³-hybridized carbons (Fsp3) is 0.353. The van der Waals surface area contributed by atoms with Crippen molar-refractivity contribution in [2.45, 2.75) is 19.3 Å². The molecule has 5 heteroatoms. The van der Waals surface area contributed by atoms with Crippen LogP contribution in [0.4, 0.5) is 0 Å². The molecule has 1 aliphatic heterocycles.